The van der Waals surface area contributed by atoms with Crippen molar-refractivity contribution >= 4 is 29.4 Å². The molecule has 1 saturated heterocycles. The topological polar surface area (TPSA) is 86.8 Å². The molecule has 4 rings (SSSR count). The average molecular weight is 405 g/mol. The van der Waals surface area contributed by atoms with Crippen molar-refractivity contribution in [1.82, 2.24) is 9.80 Å². The van der Waals surface area contributed by atoms with Gasteiger partial charge in [-0.15, -0.1) is 0 Å². The van der Waals surface area contributed by atoms with Crippen LogP contribution >= 0.6 is 0 Å². The Kier molecular flexibility index (Phi) is 4.84. The Morgan fingerprint density at radius 2 is 1.93 bits per heavy atom. The minimum atomic E-state index is -1.07. The number of carbonyl (C=O) groups is 4. The lowest BCUT2D eigenvalue weighted by atomic mass is 9.83. The third kappa shape index (κ3) is 3.38. The number of rotatable bonds is 5. The van der Waals surface area contributed by atoms with E-state index in [1.165, 1.54) is 6.42 Å². The molecule has 4 atom stereocenters. The molecule has 1 N–H and O–H groups in total. The summed E-state index contributed by atoms with van der Waals surface area (Å²) < 4.78 is 26.7. The standard InChI is InChI=1S/C20H21F2N3O4/c1-10(14-7-11-2-3-12(14)6-11)25-19(28)18(27)24(20(25)29)9-17(26)23-16-5-4-13(21)8-15(16)22/h4-5,8,10-12,14H,2-3,6-7,9H2,1H3,(H,23,26)/t10-,11-,12-,14+/m0/s1. The van der Waals surface area contributed by atoms with Crippen LogP contribution < -0.4 is 5.32 Å². The lowest BCUT2D eigenvalue weighted by molar-refractivity contribution is -0.144. The summed E-state index contributed by atoms with van der Waals surface area (Å²) in [4.78, 5) is 51.2. The Morgan fingerprint density at radius 3 is 2.55 bits per heavy atom. The summed E-state index contributed by atoms with van der Waals surface area (Å²) >= 11 is 0. The first-order valence-corrected chi connectivity index (χ1v) is 9.70. The molecule has 3 aliphatic rings. The molecular weight excluding hydrogens is 384 g/mol. The van der Waals surface area contributed by atoms with Gasteiger partial charge in [-0.2, -0.15) is 0 Å². The maximum absolute atomic E-state index is 13.7. The van der Waals surface area contributed by atoms with Gasteiger partial charge in [0.25, 0.3) is 0 Å². The van der Waals surface area contributed by atoms with E-state index in [0.29, 0.717) is 22.8 Å². The number of benzene rings is 1. The highest BCUT2D eigenvalue weighted by atomic mass is 19.1. The molecule has 0 radical (unpaired) electrons. The Bertz CT molecular complexity index is 906. The summed E-state index contributed by atoms with van der Waals surface area (Å²) in [5.41, 5.74) is -0.283. The van der Waals surface area contributed by atoms with Crippen molar-refractivity contribution in [3.8, 4) is 0 Å². The maximum atomic E-state index is 13.7. The fraction of sp³-hybridized carbons (Fsp3) is 0.500. The van der Waals surface area contributed by atoms with Crippen LogP contribution in [0, 0.1) is 29.4 Å². The van der Waals surface area contributed by atoms with Gasteiger partial charge in [-0.1, -0.05) is 6.42 Å². The quantitative estimate of drug-likeness (QED) is 0.603. The van der Waals surface area contributed by atoms with Gasteiger partial charge in [-0.05, 0) is 56.1 Å². The van der Waals surface area contributed by atoms with E-state index >= 15 is 0 Å². The molecule has 9 heteroatoms. The number of halogens is 2. The Morgan fingerprint density at radius 1 is 1.17 bits per heavy atom. The van der Waals surface area contributed by atoms with Gasteiger partial charge >= 0.3 is 17.8 Å². The highest BCUT2D eigenvalue weighted by molar-refractivity contribution is 6.45. The molecule has 1 heterocycles. The minimum absolute atomic E-state index is 0.163. The second kappa shape index (κ2) is 7.20. The normalized spacial score (nSPS) is 27.1. The van der Waals surface area contributed by atoms with Crippen LogP contribution in [-0.2, 0) is 14.4 Å². The number of amides is 5. The third-order valence-corrected chi connectivity index (χ3v) is 6.41. The van der Waals surface area contributed by atoms with Crippen molar-refractivity contribution in [2.24, 2.45) is 17.8 Å². The average Bonchev–Trinajstić information content (AvgIpc) is 3.35. The molecule has 1 aromatic carbocycles. The van der Waals surface area contributed by atoms with Gasteiger partial charge in [0.2, 0.25) is 5.91 Å². The van der Waals surface area contributed by atoms with Gasteiger partial charge in [0.1, 0.15) is 18.2 Å². The highest BCUT2D eigenvalue weighted by Crippen LogP contribution is 2.50. The number of urea groups is 1. The summed E-state index contributed by atoms with van der Waals surface area (Å²) in [5.74, 6) is -3.43. The predicted molar refractivity (Wildman–Crippen MR) is 97.3 cm³/mol. The minimum Gasteiger partial charge on any atom is -0.322 e. The summed E-state index contributed by atoms with van der Waals surface area (Å²) in [7, 11) is 0. The zero-order chi connectivity index (χ0) is 20.9. The number of hydrogen-bond acceptors (Lipinski definition) is 4. The van der Waals surface area contributed by atoms with E-state index in [4.69, 9.17) is 0 Å². The molecule has 29 heavy (non-hydrogen) atoms. The predicted octanol–water partition coefficient (Wildman–Crippen LogP) is 2.52. The van der Waals surface area contributed by atoms with Crippen LogP contribution in [0.3, 0.4) is 0 Å². The van der Waals surface area contributed by atoms with E-state index in [2.05, 4.69) is 5.32 Å². The van der Waals surface area contributed by atoms with Crippen LogP contribution in [0.15, 0.2) is 18.2 Å². The van der Waals surface area contributed by atoms with Crippen molar-refractivity contribution in [2.45, 2.75) is 38.6 Å². The van der Waals surface area contributed by atoms with Crippen LogP contribution in [0.25, 0.3) is 0 Å². The number of anilines is 1. The fourth-order valence-corrected chi connectivity index (χ4v) is 5.02. The fourth-order valence-electron chi connectivity index (χ4n) is 5.02. The molecule has 2 saturated carbocycles. The van der Waals surface area contributed by atoms with Crippen molar-refractivity contribution in [3.63, 3.8) is 0 Å². The highest BCUT2D eigenvalue weighted by Gasteiger charge is 2.52. The molecule has 0 spiro atoms. The van der Waals surface area contributed by atoms with E-state index in [0.717, 1.165) is 36.3 Å². The molecule has 0 unspecified atom stereocenters. The van der Waals surface area contributed by atoms with Gasteiger partial charge in [0.15, 0.2) is 0 Å². The second-order valence-electron chi connectivity index (χ2n) is 8.10. The molecule has 7 nitrogen and oxygen atoms in total. The lowest BCUT2D eigenvalue weighted by Crippen LogP contribution is -2.45. The van der Waals surface area contributed by atoms with Crippen molar-refractivity contribution in [2.75, 3.05) is 11.9 Å². The first kappa shape index (κ1) is 19.5. The van der Waals surface area contributed by atoms with Crippen LogP contribution in [0.4, 0.5) is 19.3 Å². The van der Waals surface area contributed by atoms with Gasteiger partial charge in [0.05, 0.1) is 5.69 Å². The SMILES string of the molecule is C[C@@H]([C@H]1C[C@H]2CC[C@H]1C2)N1C(=O)C(=O)N(CC(=O)Nc2ccc(F)cc2F)C1=O. The number of nitrogens with zero attached hydrogens (tertiary/aromatic N) is 2. The van der Waals surface area contributed by atoms with E-state index in [1.807, 2.05) is 0 Å². The lowest BCUT2D eigenvalue weighted by Gasteiger charge is -2.32. The summed E-state index contributed by atoms with van der Waals surface area (Å²) in [5, 5.41) is 2.18. The largest absolute Gasteiger partial charge is 0.334 e. The number of fused-ring (bicyclic) bond motifs is 2. The van der Waals surface area contributed by atoms with E-state index in [1.54, 1.807) is 6.92 Å². The van der Waals surface area contributed by atoms with Crippen LogP contribution in [-0.4, -0.2) is 46.1 Å². The van der Waals surface area contributed by atoms with E-state index in [9.17, 15) is 28.0 Å². The van der Waals surface area contributed by atoms with Gasteiger partial charge in [-0.25, -0.2) is 18.5 Å². The monoisotopic (exact) mass is 405 g/mol. The first-order valence-electron chi connectivity index (χ1n) is 9.70. The molecule has 5 amide bonds. The summed E-state index contributed by atoms with van der Waals surface area (Å²) in [6.45, 7) is 1.05. The Labute approximate surface area is 166 Å². The Hall–Kier alpha value is -2.84. The van der Waals surface area contributed by atoms with Gasteiger partial charge < -0.3 is 5.32 Å². The molecule has 2 aliphatic carbocycles. The molecule has 3 fully saturated rings. The molecular formula is C20H21F2N3O4. The first-order chi connectivity index (χ1) is 13.8. The number of hydrogen-bond donors (Lipinski definition) is 1. The van der Waals surface area contributed by atoms with Crippen LogP contribution in [0.5, 0.6) is 0 Å². The molecule has 0 aromatic heterocycles. The van der Waals surface area contributed by atoms with Crippen molar-refractivity contribution in [1.29, 1.82) is 0 Å². The number of imide groups is 2. The summed E-state index contributed by atoms with van der Waals surface area (Å²) in [6.07, 6.45) is 4.26. The zero-order valence-electron chi connectivity index (χ0n) is 15.9. The smallest absolute Gasteiger partial charge is 0.322 e. The van der Waals surface area contributed by atoms with Crippen LogP contribution in [0.1, 0.15) is 32.6 Å². The van der Waals surface area contributed by atoms with Crippen LogP contribution in [0.2, 0.25) is 0 Å². The van der Waals surface area contributed by atoms with Crippen molar-refractivity contribution < 1.29 is 28.0 Å². The third-order valence-electron chi connectivity index (χ3n) is 6.41. The van der Waals surface area contributed by atoms with E-state index in [-0.39, 0.29) is 11.6 Å². The van der Waals surface area contributed by atoms with Gasteiger partial charge in [-0.3, -0.25) is 19.3 Å². The second-order valence-corrected chi connectivity index (χ2v) is 8.10. The number of carbonyl (C=O) groups excluding carboxylic acids is 4. The maximum Gasteiger partial charge on any atom is 0.334 e. The molecule has 2 bridgehead atoms. The van der Waals surface area contributed by atoms with Gasteiger partial charge in [0, 0.05) is 12.1 Å². The Balaban J connectivity index is 1.44. The molecule has 1 aliphatic heterocycles. The zero-order valence-corrected chi connectivity index (χ0v) is 15.9. The number of nitrogens with one attached hydrogen (secondary N) is 1. The molecule has 154 valence electrons. The van der Waals surface area contributed by atoms with Crippen molar-refractivity contribution in [3.05, 3.63) is 29.8 Å². The van der Waals surface area contributed by atoms with E-state index < -0.39 is 48.0 Å². The summed E-state index contributed by atoms with van der Waals surface area (Å²) in [6, 6.07) is 1.35. The molecule has 1 aromatic rings.